The molecule has 0 radical (unpaired) electrons. The van der Waals surface area contributed by atoms with Gasteiger partial charge in [0.25, 0.3) is 5.91 Å². The van der Waals surface area contributed by atoms with E-state index in [1.54, 1.807) is 6.20 Å². The van der Waals surface area contributed by atoms with Crippen molar-refractivity contribution in [3.63, 3.8) is 0 Å². The minimum absolute atomic E-state index is 0.106. The Balaban J connectivity index is 0.000000233. The molecule has 0 atom stereocenters. The number of rotatable bonds is 3. The number of aromatic nitrogens is 3. The highest BCUT2D eigenvalue weighted by atomic mass is 79.9. The predicted molar refractivity (Wildman–Crippen MR) is 111 cm³/mol. The normalized spacial score (nSPS) is 9.14. The fourth-order valence-corrected chi connectivity index (χ4v) is 2.10. The number of carbonyl (C=O) groups is 2. The Kier molecular flexibility index (Phi) is 10.9. The Morgan fingerprint density at radius 1 is 1.00 bits per heavy atom. The summed E-state index contributed by atoms with van der Waals surface area (Å²) in [7, 11) is 0. The number of quaternary nitrogens is 1. The van der Waals surface area contributed by atoms with Crippen molar-refractivity contribution in [3.05, 3.63) is 78.2 Å². The van der Waals surface area contributed by atoms with Crippen LogP contribution in [0.4, 0.5) is 0 Å². The Morgan fingerprint density at radius 2 is 1.54 bits per heavy atom. The van der Waals surface area contributed by atoms with Crippen LogP contribution in [0, 0.1) is 6.92 Å². The highest BCUT2D eigenvalue weighted by Gasteiger charge is 2.00. The van der Waals surface area contributed by atoms with E-state index in [1.165, 1.54) is 6.92 Å². The number of Topliss-reactive ketones (excluding diaryl/α,β-unsaturated/α-hetero) is 1. The Labute approximate surface area is 172 Å². The number of nitrogens with one attached hydrogen (secondary N) is 1. The summed E-state index contributed by atoms with van der Waals surface area (Å²) in [6.07, 6.45) is 1.73. The van der Waals surface area contributed by atoms with E-state index in [1.807, 2.05) is 67.6 Å². The van der Waals surface area contributed by atoms with Gasteiger partial charge in [0.2, 0.25) is 0 Å². The van der Waals surface area contributed by atoms with Gasteiger partial charge in [-0.05, 0) is 6.92 Å². The molecule has 7 nitrogen and oxygen atoms in total. The lowest BCUT2D eigenvalue weighted by molar-refractivity contribution is -0.427. The minimum Gasteiger partial charge on any atom is -0.293 e. The van der Waals surface area contributed by atoms with Crippen LogP contribution in [0.2, 0.25) is 0 Å². The molecule has 0 aliphatic heterocycles. The summed E-state index contributed by atoms with van der Waals surface area (Å²) < 4.78 is 0. The first kappa shape index (κ1) is 23.1. The van der Waals surface area contributed by atoms with Gasteiger partial charge in [0, 0.05) is 18.1 Å². The molecule has 8 heteroatoms. The van der Waals surface area contributed by atoms with Crippen LogP contribution >= 0.6 is 15.9 Å². The van der Waals surface area contributed by atoms with E-state index in [-0.39, 0.29) is 11.7 Å². The molecule has 146 valence electrons. The van der Waals surface area contributed by atoms with Gasteiger partial charge in [-0.1, -0.05) is 76.6 Å². The smallest absolute Gasteiger partial charge is 0.261 e. The molecular formula is C20H23BrN5O2+. The number of halogens is 1. The van der Waals surface area contributed by atoms with Crippen LogP contribution in [0.25, 0.3) is 11.3 Å². The van der Waals surface area contributed by atoms with E-state index in [9.17, 15) is 9.59 Å². The first-order valence-electron chi connectivity index (χ1n) is 8.37. The molecule has 3 aromatic rings. The van der Waals surface area contributed by atoms with E-state index in [0.29, 0.717) is 11.2 Å². The second-order valence-corrected chi connectivity index (χ2v) is 5.97. The predicted octanol–water partition coefficient (Wildman–Crippen LogP) is 2.39. The number of benzene rings is 2. The number of nitrogens with zero attached hydrogens (tertiary/aromatic N) is 3. The third-order valence-corrected chi connectivity index (χ3v) is 3.72. The van der Waals surface area contributed by atoms with E-state index < -0.39 is 0 Å². The molecule has 3 rings (SSSR count). The molecule has 0 unspecified atom stereocenters. The topological polar surface area (TPSA) is 112 Å². The number of carbonyl (C=O) groups excluding carboxylic acids is 2. The van der Waals surface area contributed by atoms with Gasteiger partial charge in [-0.2, -0.15) is 0 Å². The van der Waals surface area contributed by atoms with Crippen LogP contribution in [0.5, 0.6) is 0 Å². The van der Waals surface area contributed by atoms with Crippen LogP contribution in [-0.4, -0.2) is 32.2 Å². The number of alkyl halides is 1. The highest BCUT2D eigenvalue weighted by molar-refractivity contribution is 9.09. The molecule has 0 bridgehead atoms. The van der Waals surface area contributed by atoms with Crippen LogP contribution in [-0.2, 0) is 4.79 Å². The molecule has 0 aliphatic rings. The second-order valence-electron chi connectivity index (χ2n) is 5.41. The fourth-order valence-electron chi connectivity index (χ4n) is 1.77. The second kappa shape index (κ2) is 13.2. The molecular weight excluding hydrogens is 422 g/mol. The summed E-state index contributed by atoms with van der Waals surface area (Å²) in [5.74, 6) is 3.80. The first-order valence-corrected chi connectivity index (χ1v) is 9.49. The van der Waals surface area contributed by atoms with Crippen molar-refractivity contribution in [2.24, 2.45) is 0 Å². The fraction of sp³-hybridized carbons (Fsp3) is 0.150. The van der Waals surface area contributed by atoms with Gasteiger partial charge in [-0.25, -0.2) is 10.4 Å². The van der Waals surface area contributed by atoms with E-state index in [2.05, 4.69) is 42.4 Å². The third-order valence-electron chi connectivity index (χ3n) is 3.21. The standard InChI is InChI=1S/C10H9N3.C8H7BrO.C2H6N2O/c1-8-11-7-10(13-12-8)9-5-3-2-4-6-9;9-6-8(10)7-4-2-1-3-5-7;1-2(5)4-3/h2-7H,1H3;1-5H,6H2;3H2,1H3,(H,4,5)/p+1. The van der Waals surface area contributed by atoms with Gasteiger partial charge in [0.1, 0.15) is 11.5 Å². The van der Waals surface area contributed by atoms with Gasteiger partial charge in [0.05, 0.1) is 11.5 Å². The molecule has 4 N–H and O–H groups in total. The zero-order chi connectivity index (χ0) is 20.8. The lowest BCUT2D eigenvalue weighted by atomic mass is 10.2. The van der Waals surface area contributed by atoms with Crippen molar-refractivity contribution in [2.75, 3.05) is 5.33 Å². The van der Waals surface area contributed by atoms with Crippen molar-refractivity contribution >= 4 is 27.6 Å². The van der Waals surface area contributed by atoms with E-state index >= 15 is 0 Å². The number of aryl methyl sites for hydroxylation is 1. The zero-order valence-corrected chi connectivity index (χ0v) is 17.4. The maximum Gasteiger partial charge on any atom is 0.261 e. The summed E-state index contributed by atoms with van der Waals surface area (Å²) in [6, 6.07) is 19.1. The molecule has 2 aromatic carbocycles. The number of ketones is 1. The largest absolute Gasteiger partial charge is 0.293 e. The molecule has 28 heavy (non-hydrogen) atoms. The molecule has 1 heterocycles. The van der Waals surface area contributed by atoms with Crippen molar-refractivity contribution in [3.8, 4) is 11.3 Å². The monoisotopic (exact) mass is 444 g/mol. The van der Waals surface area contributed by atoms with Crippen molar-refractivity contribution in [1.29, 1.82) is 0 Å². The number of amides is 1. The summed E-state index contributed by atoms with van der Waals surface area (Å²) in [5, 5.41) is 8.33. The van der Waals surface area contributed by atoms with Crippen LogP contribution < -0.4 is 11.3 Å². The Morgan fingerprint density at radius 3 is 1.96 bits per heavy atom. The Bertz CT molecular complexity index is 843. The summed E-state index contributed by atoms with van der Waals surface area (Å²) >= 11 is 3.10. The van der Waals surface area contributed by atoms with Crippen molar-refractivity contribution in [2.45, 2.75) is 13.8 Å². The maximum absolute atomic E-state index is 11.0. The molecule has 1 aromatic heterocycles. The van der Waals surface area contributed by atoms with Crippen molar-refractivity contribution in [1.82, 2.24) is 20.6 Å². The van der Waals surface area contributed by atoms with Crippen molar-refractivity contribution < 1.29 is 15.4 Å². The highest BCUT2D eigenvalue weighted by Crippen LogP contribution is 2.13. The molecule has 0 fully saturated rings. The molecule has 0 spiro atoms. The summed E-state index contributed by atoms with van der Waals surface area (Å²) in [4.78, 5) is 24.7. The average molecular weight is 445 g/mol. The van der Waals surface area contributed by atoms with Gasteiger partial charge in [-0.3, -0.25) is 15.4 Å². The molecule has 0 saturated carbocycles. The molecule has 0 saturated heterocycles. The number of hydrogen-bond acceptors (Lipinski definition) is 5. The van der Waals surface area contributed by atoms with E-state index in [0.717, 1.165) is 16.8 Å². The van der Waals surface area contributed by atoms with Gasteiger partial charge in [0.15, 0.2) is 5.78 Å². The van der Waals surface area contributed by atoms with Crippen LogP contribution in [0.3, 0.4) is 0 Å². The van der Waals surface area contributed by atoms with Crippen LogP contribution in [0.15, 0.2) is 66.9 Å². The minimum atomic E-state index is -0.106. The first-order chi connectivity index (χ1) is 13.5. The SMILES string of the molecule is CC(=O)N[NH3+].Cc1ncc(-c2ccccc2)nn1.O=C(CBr)c1ccccc1. The maximum atomic E-state index is 11.0. The van der Waals surface area contributed by atoms with Gasteiger partial charge >= 0.3 is 0 Å². The lowest BCUT2D eigenvalue weighted by Crippen LogP contribution is -2.66. The molecule has 0 aliphatic carbocycles. The number of hydrogen-bond donors (Lipinski definition) is 2. The Hall–Kier alpha value is -2.97. The van der Waals surface area contributed by atoms with E-state index in [4.69, 9.17) is 0 Å². The van der Waals surface area contributed by atoms with Crippen LogP contribution in [0.1, 0.15) is 23.1 Å². The average Bonchev–Trinajstić information content (AvgIpc) is 2.76. The quantitative estimate of drug-likeness (QED) is 0.365. The third kappa shape index (κ3) is 9.11. The van der Waals surface area contributed by atoms with Gasteiger partial charge in [-0.15, -0.1) is 10.2 Å². The van der Waals surface area contributed by atoms with Gasteiger partial charge < -0.3 is 0 Å². The lowest BCUT2D eigenvalue weighted by Gasteiger charge is -1.97. The summed E-state index contributed by atoms with van der Waals surface area (Å²) in [5.41, 5.74) is 4.76. The zero-order valence-electron chi connectivity index (χ0n) is 15.8. The molecule has 1 amide bonds. The summed E-state index contributed by atoms with van der Waals surface area (Å²) in [6.45, 7) is 3.23.